The molecule has 0 aliphatic heterocycles. The van der Waals surface area contributed by atoms with E-state index < -0.39 is 0 Å². The zero-order valence-corrected chi connectivity index (χ0v) is 12.5. The van der Waals surface area contributed by atoms with Crippen molar-refractivity contribution in [2.75, 3.05) is 5.75 Å². The predicted molar refractivity (Wildman–Crippen MR) is 85.1 cm³/mol. The van der Waals surface area contributed by atoms with Gasteiger partial charge in [-0.2, -0.15) is 10.4 Å². The van der Waals surface area contributed by atoms with Gasteiger partial charge in [0, 0.05) is 12.2 Å². The molecule has 0 unspecified atom stereocenters. The molecule has 0 radical (unpaired) electrons. The Labute approximate surface area is 130 Å². The summed E-state index contributed by atoms with van der Waals surface area (Å²) in [6.45, 7) is 0. The lowest BCUT2D eigenvalue weighted by Gasteiger charge is -2.04. The first kappa shape index (κ1) is 14.4. The Balaban J connectivity index is 1.97. The highest BCUT2D eigenvalue weighted by Gasteiger charge is 2.11. The number of fused-ring (bicyclic) bond motifs is 1. The molecule has 3 rings (SSSR count). The van der Waals surface area contributed by atoms with Gasteiger partial charge in [0.1, 0.15) is 5.39 Å². The Kier molecular flexibility index (Phi) is 4.21. The summed E-state index contributed by atoms with van der Waals surface area (Å²) in [6, 6.07) is 11.7. The van der Waals surface area contributed by atoms with E-state index in [9.17, 15) is 4.79 Å². The van der Waals surface area contributed by atoms with Crippen LogP contribution in [0, 0.1) is 11.3 Å². The standard InChI is InChI=1S/C15H13N5OS/c16-8-4-5-9-22-15-18-13-12(14(21)19-15)10-17-20(13)11-6-2-1-3-7-11/h1-3,6-7,10H,4-5,9H2,(H,18,19,21). The fourth-order valence-corrected chi connectivity index (χ4v) is 2.84. The van der Waals surface area contributed by atoms with Gasteiger partial charge in [0.25, 0.3) is 5.56 Å². The average molecular weight is 311 g/mol. The molecule has 2 heterocycles. The van der Waals surface area contributed by atoms with Crippen molar-refractivity contribution < 1.29 is 0 Å². The molecule has 0 saturated heterocycles. The van der Waals surface area contributed by atoms with E-state index in [4.69, 9.17) is 5.26 Å². The van der Waals surface area contributed by atoms with Crippen molar-refractivity contribution in [2.45, 2.75) is 18.0 Å². The molecule has 22 heavy (non-hydrogen) atoms. The fourth-order valence-electron chi connectivity index (χ4n) is 2.04. The number of hydrogen-bond donors (Lipinski definition) is 1. The van der Waals surface area contributed by atoms with Gasteiger partial charge in [-0.1, -0.05) is 30.0 Å². The summed E-state index contributed by atoms with van der Waals surface area (Å²) in [5, 5.41) is 13.8. The summed E-state index contributed by atoms with van der Waals surface area (Å²) >= 11 is 1.44. The highest BCUT2D eigenvalue weighted by Crippen LogP contribution is 2.18. The normalized spacial score (nSPS) is 10.7. The number of hydrogen-bond acceptors (Lipinski definition) is 5. The van der Waals surface area contributed by atoms with Crippen LogP contribution in [0.2, 0.25) is 0 Å². The Bertz CT molecular complexity index is 878. The smallest absolute Gasteiger partial charge is 0.262 e. The molecule has 0 bridgehead atoms. The van der Waals surface area contributed by atoms with Gasteiger partial charge in [-0.3, -0.25) is 4.79 Å². The van der Waals surface area contributed by atoms with Gasteiger partial charge in [0.15, 0.2) is 10.8 Å². The summed E-state index contributed by atoms with van der Waals surface area (Å²) in [5.41, 5.74) is 1.20. The first-order valence-corrected chi connectivity index (χ1v) is 7.81. The third kappa shape index (κ3) is 2.87. The summed E-state index contributed by atoms with van der Waals surface area (Å²) < 4.78 is 1.66. The van der Waals surface area contributed by atoms with Crippen molar-refractivity contribution in [1.82, 2.24) is 19.7 Å². The lowest BCUT2D eigenvalue weighted by molar-refractivity contribution is 0.871. The number of nitrogens with zero attached hydrogens (tertiary/aromatic N) is 4. The van der Waals surface area contributed by atoms with Gasteiger partial charge < -0.3 is 4.98 Å². The second-order valence-corrected chi connectivity index (χ2v) is 5.69. The minimum absolute atomic E-state index is 0.199. The quantitative estimate of drug-likeness (QED) is 0.444. The van der Waals surface area contributed by atoms with E-state index >= 15 is 0 Å². The van der Waals surface area contributed by atoms with E-state index in [0.29, 0.717) is 22.6 Å². The van der Waals surface area contributed by atoms with E-state index in [0.717, 1.165) is 17.9 Å². The molecule has 0 aliphatic rings. The second-order valence-electron chi connectivity index (χ2n) is 4.61. The Morgan fingerprint density at radius 3 is 2.91 bits per heavy atom. The molecule has 0 aliphatic carbocycles. The number of nitrogens with one attached hydrogen (secondary N) is 1. The molecule has 0 spiro atoms. The van der Waals surface area contributed by atoms with Crippen molar-refractivity contribution in [1.29, 1.82) is 5.26 Å². The molecule has 0 saturated carbocycles. The van der Waals surface area contributed by atoms with Gasteiger partial charge in [0.2, 0.25) is 0 Å². The number of unbranched alkanes of at least 4 members (excludes halogenated alkanes) is 1. The maximum atomic E-state index is 12.1. The molecule has 6 nitrogen and oxygen atoms in total. The molecule has 1 aromatic carbocycles. The van der Waals surface area contributed by atoms with E-state index in [1.165, 1.54) is 18.0 Å². The lowest BCUT2D eigenvalue weighted by atomic mass is 10.3. The van der Waals surface area contributed by atoms with Gasteiger partial charge in [0.05, 0.1) is 18.0 Å². The van der Waals surface area contributed by atoms with E-state index in [1.54, 1.807) is 4.68 Å². The predicted octanol–water partition coefficient (Wildman–Crippen LogP) is 2.50. The maximum absolute atomic E-state index is 12.1. The van der Waals surface area contributed by atoms with Crippen LogP contribution in [-0.4, -0.2) is 25.5 Å². The molecule has 7 heteroatoms. The fraction of sp³-hybridized carbons (Fsp3) is 0.200. The van der Waals surface area contributed by atoms with Crippen molar-refractivity contribution in [2.24, 2.45) is 0 Å². The van der Waals surface area contributed by atoms with Crippen LogP contribution in [-0.2, 0) is 0 Å². The largest absolute Gasteiger partial charge is 0.301 e. The first-order valence-electron chi connectivity index (χ1n) is 6.83. The first-order chi connectivity index (χ1) is 10.8. The summed E-state index contributed by atoms with van der Waals surface area (Å²) in [4.78, 5) is 19.4. The van der Waals surface area contributed by atoms with Crippen LogP contribution < -0.4 is 5.56 Å². The molecule has 0 atom stereocenters. The SMILES string of the molecule is N#CCCCSc1nc2c(cnn2-c2ccccc2)c(=O)[nH]1. The number of nitriles is 1. The minimum Gasteiger partial charge on any atom is -0.301 e. The summed E-state index contributed by atoms with van der Waals surface area (Å²) in [5.74, 6) is 0.738. The lowest BCUT2D eigenvalue weighted by Crippen LogP contribution is -2.09. The van der Waals surface area contributed by atoms with Crippen molar-refractivity contribution >= 4 is 22.8 Å². The number of benzene rings is 1. The number of aromatic amines is 1. The Morgan fingerprint density at radius 2 is 2.14 bits per heavy atom. The van der Waals surface area contributed by atoms with Crippen molar-refractivity contribution in [3.8, 4) is 11.8 Å². The van der Waals surface area contributed by atoms with Crippen molar-refractivity contribution in [3.05, 3.63) is 46.9 Å². The van der Waals surface area contributed by atoms with Crippen LogP contribution in [0.1, 0.15) is 12.8 Å². The second kappa shape index (κ2) is 6.45. The van der Waals surface area contributed by atoms with E-state index in [-0.39, 0.29) is 5.56 Å². The molecule has 2 aromatic heterocycles. The molecule has 110 valence electrons. The van der Waals surface area contributed by atoms with Crippen LogP contribution in [0.4, 0.5) is 0 Å². The van der Waals surface area contributed by atoms with E-state index in [1.807, 2.05) is 30.3 Å². The van der Waals surface area contributed by atoms with Crippen molar-refractivity contribution in [3.63, 3.8) is 0 Å². The number of rotatable bonds is 5. The highest BCUT2D eigenvalue weighted by molar-refractivity contribution is 7.99. The molecule has 1 N–H and O–H groups in total. The third-order valence-electron chi connectivity index (χ3n) is 3.09. The Hall–Kier alpha value is -2.59. The highest BCUT2D eigenvalue weighted by atomic mass is 32.2. The molecule has 0 fully saturated rings. The van der Waals surface area contributed by atoms with Crippen LogP contribution in [0.15, 0.2) is 46.5 Å². The minimum atomic E-state index is -0.199. The maximum Gasteiger partial charge on any atom is 0.262 e. The molecular formula is C15H13N5OS. The van der Waals surface area contributed by atoms with E-state index in [2.05, 4.69) is 21.1 Å². The van der Waals surface area contributed by atoms with Crippen LogP contribution >= 0.6 is 11.8 Å². The van der Waals surface area contributed by atoms with Crippen LogP contribution in [0.25, 0.3) is 16.7 Å². The van der Waals surface area contributed by atoms with Crippen LogP contribution in [0.5, 0.6) is 0 Å². The third-order valence-corrected chi connectivity index (χ3v) is 4.05. The number of para-hydroxylation sites is 1. The zero-order chi connectivity index (χ0) is 15.4. The summed E-state index contributed by atoms with van der Waals surface area (Å²) in [6.07, 6.45) is 2.79. The number of thioether (sulfide) groups is 1. The topological polar surface area (TPSA) is 87.4 Å². The molecular weight excluding hydrogens is 298 g/mol. The van der Waals surface area contributed by atoms with Gasteiger partial charge in [-0.05, 0) is 18.6 Å². The molecule has 0 amide bonds. The van der Waals surface area contributed by atoms with Gasteiger partial charge >= 0.3 is 0 Å². The van der Waals surface area contributed by atoms with Gasteiger partial charge in [-0.15, -0.1) is 0 Å². The number of aromatic nitrogens is 4. The monoisotopic (exact) mass is 311 g/mol. The van der Waals surface area contributed by atoms with Gasteiger partial charge in [-0.25, -0.2) is 9.67 Å². The van der Waals surface area contributed by atoms with Crippen LogP contribution in [0.3, 0.4) is 0 Å². The Morgan fingerprint density at radius 1 is 1.32 bits per heavy atom. The average Bonchev–Trinajstić information content (AvgIpc) is 2.97. The summed E-state index contributed by atoms with van der Waals surface area (Å²) in [7, 11) is 0. The molecule has 3 aromatic rings. The number of H-pyrrole nitrogens is 1. The zero-order valence-electron chi connectivity index (χ0n) is 11.7.